The van der Waals surface area contributed by atoms with Crippen molar-refractivity contribution in [2.24, 2.45) is 0 Å². The quantitative estimate of drug-likeness (QED) is 0.269. The van der Waals surface area contributed by atoms with Crippen LogP contribution in [0.4, 0.5) is 0 Å². The van der Waals surface area contributed by atoms with E-state index in [1.807, 2.05) is 60.7 Å². The molecule has 0 heterocycles. The molecule has 0 aliphatic heterocycles. The van der Waals surface area contributed by atoms with Crippen molar-refractivity contribution in [3.63, 3.8) is 0 Å². The second kappa shape index (κ2) is 9.79. The highest BCUT2D eigenvalue weighted by Gasteiger charge is 1.92. The van der Waals surface area contributed by atoms with Crippen molar-refractivity contribution in [3.8, 4) is 23.7 Å². The van der Waals surface area contributed by atoms with Gasteiger partial charge in [-0.1, -0.05) is 96.5 Å². The summed E-state index contributed by atoms with van der Waals surface area (Å²) in [6, 6.07) is 36.6. The molecule has 30 heavy (non-hydrogen) atoms. The maximum Gasteiger partial charge on any atom is 0.0249 e. The van der Waals surface area contributed by atoms with Crippen LogP contribution >= 0.6 is 0 Å². The molecule has 0 saturated heterocycles. The van der Waals surface area contributed by atoms with E-state index >= 15 is 0 Å². The molecule has 4 aromatic rings. The molecule has 0 N–H and O–H groups in total. The van der Waals surface area contributed by atoms with Gasteiger partial charge in [0.25, 0.3) is 0 Å². The predicted octanol–water partition coefficient (Wildman–Crippen LogP) is 6.66. The first-order valence-corrected chi connectivity index (χ1v) is 9.87. The normalized spacial score (nSPS) is 10.0. The lowest BCUT2D eigenvalue weighted by Gasteiger charge is -1.97. The molecule has 0 unspecified atom stereocenters. The smallest absolute Gasteiger partial charge is 0.0249 e. The van der Waals surface area contributed by atoms with Gasteiger partial charge in [0.1, 0.15) is 0 Å². The van der Waals surface area contributed by atoms with Gasteiger partial charge in [-0.15, -0.1) is 0 Å². The molecule has 0 amide bonds. The monoisotopic (exact) mass is 380 g/mol. The molecule has 0 aliphatic carbocycles. The summed E-state index contributed by atoms with van der Waals surface area (Å²) >= 11 is 0. The van der Waals surface area contributed by atoms with Crippen LogP contribution in [0.25, 0.3) is 12.2 Å². The van der Waals surface area contributed by atoms with E-state index in [1.54, 1.807) is 0 Å². The van der Waals surface area contributed by atoms with Gasteiger partial charge in [-0.25, -0.2) is 0 Å². The largest absolute Gasteiger partial charge is 0.0622 e. The zero-order valence-electron chi connectivity index (χ0n) is 16.5. The Hall–Kier alpha value is -4.26. The van der Waals surface area contributed by atoms with Crippen molar-refractivity contribution in [2.75, 3.05) is 0 Å². The minimum Gasteiger partial charge on any atom is -0.0622 e. The first-order valence-electron chi connectivity index (χ1n) is 9.87. The third-order valence-electron chi connectivity index (χ3n) is 4.54. The van der Waals surface area contributed by atoms with Crippen LogP contribution in [0.3, 0.4) is 0 Å². The van der Waals surface area contributed by atoms with E-state index in [4.69, 9.17) is 0 Å². The summed E-state index contributed by atoms with van der Waals surface area (Å²) in [6.07, 6.45) is 4.22. The van der Waals surface area contributed by atoms with E-state index in [2.05, 4.69) is 84.4 Å². The van der Waals surface area contributed by atoms with Crippen LogP contribution in [0.2, 0.25) is 0 Å². The molecule has 140 valence electrons. The second-order valence-electron chi connectivity index (χ2n) is 6.81. The van der Waals surface area contributed by atoms with E-state index in [-0.39, 0.29) is 0 Å². The first-order chi connectivity index (χ1) is 14.8. The molecule has 0 bridgehead atoms. The molecule has 0 aromatic heterocycles. The molecule has 0 heteroatoms. The van der Waals surface area contributed by atoms with E-state index in [0.717, 1.165) is 33.4 Å². The Bertz CT molecular complexity index is 1130. The van der Waals surface area contributed by atoms with Gasteiger partial charge in [-0.3, -0.25) is 0 Å². The van der Waals surface area contributed by atoms with Gasteiger partial charge in [0.15, 0.2) is 0 Å². The van der Waals surface area contributed by atoms with Gasteiger partial charge in [0.05, 0.1) is 0 Å². The van der Waals surface area contributed by atoms with Gasteiger partial charge in [0.2, 0.25) is 0 Å². The summed E-state index contributed by atoms with van der Waals surface area (Å²) < 4.78 is 0. The Kier molecular flexibility index (Phi) is 6.22. The average Bonchev–Trinajstić information content (AvgIpc) is 2.83. The highest BCUT2D eigenvalue weighted by atomic mass is 14.0. The Morgan fingerprint density at radius 3 is 0.967 bits per heavy atom. The van der Waals surface area contributed by atoms with Crippen LogP contribution in [-0.2, 0) is 0 Å². The Morgan fingerprint density at radius 1 is 0.333 bits per heavy atom. The molecular formula is C30H20. The van der Waals surface area contributed by atoms with Crippen LogP contribution in [0.15, 0.2) is 109 Å². The number of rotatable bonds is 2. The van der Waals surface area contributed by atoms with E-state index in [1.165, 1.54) is 0 Å². The van der Waals surface area contributed by atoms with Crippen molar-refractivity contribution in [1.82, 2.24) is 0 Å². The molecule has 0 aliphatic rings. The summed E-state index contributed by atoms with van der Waals surface area (Å²) in [5.41, 5.74) is 6.37. The van der Waals surface area contributed by atoms with E-state index in [0.29, 0.717) is 0 Å². The zero-order valence-corrected chi connectivity index (χ0v) is 16.5. The molecule has 0 fully saturated rings. The van der Waals surface area contributed by atoms with Crippen LogP contribution in [0, 0.1) is 23.7 Å². The van der Waals surface area contributed by atoms with E-state index in [9.17, 15) is 0 Å². The molecule has 0 nitrogen and oxygen atoms in total. The molecule has 0 saturated carbocycles. The summed E-state index contributed by atoms with van der Waals surface area (Å²) in [7, 11) is 0. The maximum atomic E-state index is 3.20. The summed E-state index contributed by atoms with van der Waals surface area (Å²) in [5.74, 6) is 12.8. The SMILES string of the molecule is C(#Cc1ccc(C=Cc2ccc(C#Cc3ccccc3)cc2)cc1)c1ccccc1. The third kappa shape index (κ3) is 5.62. The van der Waals surface area contributed by atoms with Gasteiger partial charge < -0.3 is 0 Å². The molecule has 4 rings (SSSR count). The number of benzene rings is 4. The highest BCUT2D eigenvalue weighted by Crippen LogP contribution is 2.11. The molecular weight excluding hydrogens is 360 g/mol. The van der Waals surface area contributed by atoms with E-state index < -0.39 is 0 Å². The third-order valence-corrected chi connectivity index (χ3v) is 4.54. The molecule has 0 atom stereocenters. The van der Waals surface area contributed by atoms with Crippen LogP contribution in [0.5, 0.6) is 0 Å². The summed E-state index contributed by atoms with van der Waals surface area (Å²) in [4.78, 5) is 0. The standard InChI is InChI=1S/C30H20/c1-3-7-25(8-4-1)11-13-27-15-19-29(20-16-27)23-24-30-21-17-28(18-22-30)14-12-26-9-5-2-6-10-26/h1-10,15-24H. The average molecular weight is 380 g/mol. The minimum atomic E-state index is 1.01. The van der Waals surface area contributed by atoms with Gasteiger partial charge >= 0.3 is 0 Å². The molecule has 0 spiro atoms. The lowest BCUT2D eigenvalue weighted by Crippen LogP contribution is -1.79. The van der Waals surface area contributed by atoms with Crippen LogP contribution in [0.1, 0.15) is 33.4 Å². The zero-order chi connectivity index (χ0) is 20.4. The van der Waals surface area contributed by atoms with Gasteiger partial charge in [-0.2, -0.15) is 0 Å². The van der Waals surface area contributed by atoms with Crippen molar-refractivity contribution < 1.29 is 0 Å². The van der Waals surface area contributed by atoms with Crippen LogP contribution in [-0.4, -0.2) is 0 Å². The Balaban J connectivity index is 1.39. The van der Waals surface area contributed by atoms with Crippen molar-refractivity contribution in [2.45, 2.75) is 0 Å². The minimum absolute atomic E-state index is 1.01. The topological polar surface area (TPSA) is 0 Å². The molecule has 0 radical (unpaired) electrons. The fourth-order valence-electron chi connectivity index (χ4n) is 2.88. The van der Waals surface area contributed by atoms with Crippen molar-refractivity contribution in [3.05, 3.63) is 143 Å². The van der Waals surface area contributed by atoms with Crippen molar-refractivity contribution >= 4 is 12.2 Å². The fourth-order valence-corrected chi connectivity index (χ4v) is 2.88. The maximum absolute atomic E-state index is 3.20. The molecule has 4 aromatic carbocycles. The van der Waals surface area contributed by atoms with Crippen LogP contribution < -0.4 is 0 Å². The highest BCUT2D eigenvalue weighted by molar-refractivity contribution is 5.70. The van der Waals surface area contributed by atoms with Crippen molar-refractivity contribution in [1.29, 1.82) is 0 Å². The van der Waals surface area contributed by atoms with Gasteiger partial charge in [0, 0.05) is 22.3 Å². The number of hydrogen-bond acceptors (Lipinski definition) is 0. The lowest BCUT2D eigenvalue weighted by molar-refractivity contribution is 1.59. The Labute approximate surface area is 178 Å². The first kappa shape index (κ1) is 19.1. The lowest BCUT2D eigenvalue weighted by atomic mass is 10.1. The fraction of sp³-hybridized carbons (Fsp3) is 0. The summed E-state index contributed by atoms with van der Waals surface area (Å²) in [5, 5.41) is 0. The predicted molar refractivity (Wildman–Crippen MR) is 127 cm³/mol. The van der Waals surface area contributed by atoms with Gasteiger partial charge in [-0.05, 0) is 59.7 Å². The number of hydrogen-bond donors (Lipinski definition) is 0. The second-order valence-corrected chi connectivity index (χ2v) is 6.81. The summed E-state index contributed by atoms with van der Waals surface area (Å²) in [6.45, 7) is 0. The Morgan fingerprint density at radius 2 is 0.633 bits per heavy atom.